The quantitative estimate of drug-likeness (QED) is 0.592. The zero-order valence-electron chi connectivity index (χ0n) is 8.76. The van der Waals surface area contributed by atoms with Crippen LogP contribution in [0.1, 0.15) is 0 Å². The number of rotatable bonds is 2. The molecule has 1 aliphatic rings. The van der Waals surface area contributed by atoms with Gasteiger partial charge in [0, 0.05) is 13.1 Å². The van der Waals surface area contributed by atoms with Crippen LogP contribution in [0, 0.1) is 11.3 Å². The Morgan fingerprint density at radius 1 is 1.38 bits per heavy atom. The summed E-state index contributed by atoms with van der Waals surface area (Å²) in [5, 5.41) is 8.57. The lowest BCUT2D eigenvalue weighted by molar-refractivity contribution is 0.225. The fraction of sp³-hybridized carbons (Fsp3) is 0.273. The van der Waals surface area contributed by atoms with Crippen molar-refractivity contribution >= 4 is 17.4 Å². The van der Waals surface area contributed by atoms with Crippen molar-refractivity contribution in [1.29, 1.82) is 5.26 Å². The summed E-state index contributed by atoms with van der Waals surface area (Å²) in [6.45, 7) is 1.28. The lowest BCUT2D eigenvalue weighted by Gasteiger charge is -2.18. The highest BCUT2D eigenvalue weighted by atomic mass is 16.2. The number of carbonyl (C=O) groups excluding carboxylic acids is 1. The molecule has 2 rings (SSSR count). The second-order valence-electron chi connectivity index (χ2n) is 3.57. The van der Waals surface area contributed by atoms with E-state index in [2.05, 4.69) is 0 Å². The molecule has 0 bridgehead atoms. The molecule has 0 spiro atoms. The van der Waals surface area contributed by atoms with E-state index in [-0.39, 0.29) is 12.6 Å². The Bertz CT molecular complexity index is 452. The van der Waals surface area contributed by atoms with Gasteiger partial charge in [-0.2, -0.15) is 5.26 Å². The topological polar surface area (TPSA) is 73.4 Å². The number of hydrogen-bond acceptors (Lipinski definition) is 3. The highest BCUT2D eigenvalue weighted by Crippen LogP contribution is 2.25. The van der Waals surface area contributed by atoms with Gasteiger partial charge in [0.15, 0.2) is 0 Å². The minimum Gasteiger partial charge on any atom is -0.397 e. The molecule has 5 nitrogen and oxygen atoms in total. The Hall–Kier alpha value is -2.22. The number of carbonyl (C=O) groups is 1. The van der Waals surface area contributed by atoms with E-state index in [1.807, 2.05) is 24.3 Å². The van der Waals surface area contributed by atoms with Gasteiger partial charge in [-0.1, -0.05) is 12.1 Å². The van der Waals surface area contributed by atoms with Crippen molar-refractivity contribution in [3.63, 3.8) is 0 Å². The molecule has 16 heavy (non-hydrogen) atoms. The number of amides is 2. The number of benzene rings is 1. The third-order valence-corrected chi connectivity index (χ3v) is 2.58. The number of nitrogens with two attached hydrogens (primary N) is 1. The monoisotopic (exact) mass is 216 g/mol. The average molecular weight is 216 g/mol. The molecule has 1 aliphatic heterocycles. The molecule has 0 saturated carbocycles. The van der Waals surface area contributed by atoms with Gasteiger partial charge in [0.2, 0.25) is 0 Å². The van der Waals surface area contributed by atoms with E-state index >= 15 is 0 Å². The molecule has 1 aromatic carbocycles. The summed E-state index contributed by atoms with van der Waals surface area (Å²) in [6.07, 6.45) is 0. The summed E-state index contributed by atoms with van der Waals surface area (Å²) in [6, 6.07) is 9.05. The summed E-state index contributed by atoms with van der Waals surface area (Å²) in [5.41, 5.74) is 7.10. The van der Waals surface area contributed by atoms with Gasteiger partial charge in [0.25, 0.3) is 0 Å². The van der Waals surface area contributed by atoms with Gasteiger partial charge in [-0.05, 0) is 12.1 Å². The molecule has 1 heterocycles. The summed E-state index contributed by atoms with van der Waals surface area (Å²) >= 11 is 0. The van der Waals surface area contributed by atoms with E-state index in [1.165, 1.54) is 4.90 Å². The van der Waals surface area contributed by atoms with Crippen LogP contribution in [0.4, 0.5) is 16.2 Å². The van der Waals surface area contributed by atoms with Gasteiger partial charge in [0.1, 0.15) is 6.54 Å². The first-order chi connectivity index (χ1) is 7.74. The van der Waals surface area contributed by atoms with E-state index in [1.54, 1.807) is 11.0 Å². The Kier molecular flexibility index (Phi) is 2.64. The van der Waals surface area contributed by atoms with Crippen molar-refractivity contribution in [2.75, 3.05) is 30.3 Å². The maximum atomic E-state index is 11.9. The lowest BCUT2D eigenvalue weighted by atomic mass is 10.2. The molecule has 1 aromatic rings. The van der Waals surface area contributed by atoms with Crippen LogP contribution in [0.25, 0.3) is 0 Å². The summed E-state index contributed by atoms with van der Waals surface area (Å²) < 4.78 is 0. The molecule has 1 fully saturated rings. The van der Waals surface area contributed by atoms with Gasteiger partial charge in [-0.25, -0.2) is 4.79 Å². The Balaban J connectivity index is 2.23. The lowest BCUT2D eigenvalue weighted by Crippen LogP contribution is -2.32. The van der Waals surface area contributed by atoms with Crippen molar-refractivity contribution in [2.24, 2.45) is 0 Å². The molecule has 5 heteroatoms. The van der Waals surface area contributed by atoms with Crippen molar-refractivity contribution < 1.29 is 4.79 Å². The van der Waals surface area contributed by atoms with Gasteiger partial charge in [-0.15, -0.1) is 0 Å². The number of nitrogen functional groups attached to an aromatic ring is 1. The minimum absolute atomic E-state index is 0.127. The number of nitriles is 1. The first kappa shape index (κ1) is 10.3. The minimum atomic E-state index is -0.153. The summed E-state index contributed by atoms with van der Waals surface area (Å²) in [5.74, 6) is 0. The zero-order valence-corrected chi connectivity index (χ0v) is 8.76. The van der Waals surface area contributed by atoms with Crippen LogP contribution in [-0.2, 0) is 0 Å². The maximum absolute atomic E-state index is 11.9. The van der Waals surface area contributed by atoms with Crippen molar-refractivity contribution in [3.05, 3.63) is 24.3 Å². The van der Waals surface area contributed by atoms with Crippen LogP contribution in [0.2, 0.25) is 0 Å². The smallest absolute Gasteiger partial charge is 0.325 e. The standard InChI is InChI=1S/C11H12N4O/c12-5-6-14-7-8-15(11(14)16)10-4-2-1-3-9(10)13/h1-4H,6-8,13H2. The predicted octanol–water partition coefficient (Wildman–Crippen LogP) is 1.03. The molecule has 1 saturated heterocycles. The van der Waals surface area contributed by atoms with E-state index in [9.17, 15) is 4.79 Å². The van der Waals surface area contributed by atoms with Crippen LogP contribution >= 0.6 is 0 Å². The number of urea groups is 1. The Labute approximate surface area is 93.7 Å². The third kappa shape index (κ3) is 1.65. The van der Waals surface area contributed by atoms with E-state index in [4.69, 9.17) is 11.0 Å². The summed E-state index contributed by atoms with van der Waals surface area (Å²) in [7, 11) is 0. The van der Waals surface area contributed by atoms with Crippen LogP contribution in [0.3, 0.4) is 0 Å². The predicted molar refractivity (Wildman–Crippen MR) is 60.8 cm³/mol. The molecular formula is C11H12N4O. The Morgan fingerprint density at radius 2 is 2.12 bits per heavy atom. The van der Waals surface area contributed by atoms with E-state index < -0.39 is 0 Å². The molecule has 0 unspecified atom stereocenters. The van der Waals surface area contributed by atoms with E-state index in [0.717, 1.165) is 0 Å². The highest BCUT2D eigenvalue weighted by molar-refractivity contribution is 5.97. The first-order valence-corrected chi connectivity index (χ1v) is 5.02. The number of nitrogens with zero attached hydrogens (tertiary/aromatic N) is 3. The van der Waals surface area contributed by atoms with Gasteiger partial charge in [0.05, 0.1) is 17.4 Å². The number of para-hydroxylation sites is 2. The van der Waals surface area contributed by atoms with Crippen LogP contribution < -0.4 is 10.6 Å². The molecule has 2 N–H and O–H groups in total. The molecule has 0 atom stereocenters. The van der Waals surface area contributed by atoms with Gasteiger partial charge < -0.3 is 10.6 Å². The average Bonchev–Trinajstić information content (AvgIpc) is 2.62. The molecule has 0 aliphatic carbocycles. The Morgan fingerprint density at radius 3 is 2.81 bits per heavy atom. The van der Waals surface area contributed by atoms with Crippen LogP contribution in [0.5, 0.6) is 0 Å². The van der Waals surface area contributed by atoms with Gasteiger partial charge in [-0.3, -0.25) is 4.90 Å². The van der Waals surface area contributed by atoms with Crippen molar-refractivity contribution in [3.8, 4) is 6.07 Å². The third-order valence-electron chi connectivity index (χ3n) is 2.58. The molecule has 82 valence electrons. The molecule has 2 amide bonds. The molecular weight excluding hydrogens is 204 g/mol. The van der Waals surface area contributed by atoms with Crippen LogP contribution in [-0.4, -0.2) is 30.6 Å². The second kappa shape index (κ2) is 4.11. The fourth-order valence-corrected chi connectivity index (χ4v) is 1.77. The van der Waals surface area contributed by atoms with Crippen LogP contribution in [0.15, 0.2) is 24.3 Å². The maximum Gasteiger partial charge on any atom is 0.325 e. The summed E-state index contributed by atoms with van der Waals surface area (Å²) in [4.78, 5) is 15.0. The molecule has 0 aromatic heterocycles. The largest absolute Gasteiger partial charge is 0.397 e. The highest BCUT2D eigenvalue weighted by Gasteiger charge is 2.29. The SMILES string of the molecule is N#CCN1CCN(c2ccccc2N)C1=O. The first-order valence-electron chi connectivity index (χ1n) is 5.02. The number of anilines is 2. The van der Waals surface area contributed by atoms with Crippen molar-refractivity contribution in [2.45, 2.75) is 0 Å². The molecule has 0 radical (unpaired) electrons. The zero-order chi connectivity index (χ0) is 11.5. The normalized spacial score (nSPS) is 15.3. The second-order valence-corrected chi connectivity index (χ2v) is 3.57. The number of hydrogen-bond donors (Lipinski definition) is 1. The fourth-order valence-electron chi connectivity index (χ4n) is 1.77. The van der Waals surface area contributed by atoms with E-state index in [0.29, 0.717) is 24.5 Å². The van der Waals surface area contributed by atoms with Gasteiger partial charge >= 0.3 is 6.03 Å². The van der Waals surface area contributed by atoms with Crippen molar-refractivity contribution in [1.82, 2.24) is 4.90 Å².